The molecule has 0 N–H and O–H groups in total. The molecule has 24 heavy (non-hydrogen) atoms. The van der Waals surface area contributed by atoms with Gasteiger partial charge in [0.1, 0.15) is 24.5 Å². The van der Waals surface area contributed by atoms with Crippen LogP contribution in [0, 0.1) is 6.92 Å². The predicted molar refractivity (Wildman–Crippen MR) is 99.1 cm³/mol. The Balaban J connectivity index is 1.72. The summed E-state index contributed by atoms with van der Waals surface area (Å²) in [6.07, 6.45) is 1.62. The predicted octanol–water partition coefficient (Wildman–Crippen LogP) is 4.50. The van der Waals surface area contributed by atoms with Crippen molar-refractivity contribution in [2.45, 2.75) is 13.8 Å². The summed E-state index contributed by atoms with van der Waals surface area (Å²) in [4.78, 5) is 11.0. The van der Waals surface area contributed by atoms with Crippen LogP contribution in [0.2, 0.25) is 5.02 Å². The van der Waals surface area contributed by atoms with Gasteiger partial charge in [-0.05, 0) is 49.7 Å². The molecule has 0 amide bonds. The number of ether oxygens (including phenoxy) is 1. The first kappa shape index (κ1) is 16.5. The van der Waals surface area contributed by atoms with E-state index >= 15 is 0 Å². The second-order valence-electron chi connectivity index (χ2n) is 5.55. The zero-order valence-electron chi connectivity index (χ0n) is 13.9. The Kier molecular flexibility index (Phi) is 5.16. The van der Waals surface area contributed by atoms with E-state index in [2.05, 4.69) is 27.9 Å². The van der Waals surface area contributed by atoms with Gasteiger partial charge in [0.25, 0.3) is 0 Å². The minimum atomic E-state index is 0.578. The molecule has 0 fully saturated rings. The fourth-order valence-electron chi connectivity index (χ4n) is 2.70. The van der Waals surface area contributed by atoms with E-state index in [9.17, 15) is 0 Å². The van der Waals surface area contributed by atoms with Crippen LogP contribution < -0.4 is 9.64 Å². The van der Waals surface area contributed by atoms with Crippen molar-refractivity contribution in [2.24, 2.45) is 0 Å². The number of para-hydroxylation sites is 1. The van der Waals surface area contributed by atoms with Gasteiger partial charge in [0, 0.05) is 17.0 Å². The van der Waals surface area contributed by atoms with Crippen LogP contribution >= 0.6 is 11.6 Å². The summed E-state index contributed by atoms with van der Waals surface area (Å²) in [7, 11) is 0. The van der Waals surface area contributed by atoms with Gasteiger partial charge < -0.3 is 9.64 Å². The average Bonchev–Trinajstić information content (AvgIpc) is 2.60. The van der Waals surface area contributed by atoms with Crippen molar-refractivity contribution in [1.82, 2.24) is 9.97 Å². The van der Waals surface area contributed by atoms with Gasteiger partial charge in [-0.25, -0.2) is 9.97 Å². The first-order valence-corrected chi connectivity index (χ1v) is 8.40. The molecule has 0 radical (unpaired) electrons. The molecular weight excluding hydrogens is 322 g/mol. The molecule has 0 aliphatic rings. The number of likely N-dealkylation sites (N-methyl/N-ethyl adjacent to an activating group) is 1. The van der Waals surface area contributed by atoms with Crippen molar-refractivity contribution in [3.05, 3.63) is 59.4 Å². The first-order chi connectivity index (χ1) is 11.7. The number of fused-ring (bicyclic) bond motifs is 1. The van der Waals surface area contributed by atoms with Gasteiger partial charge in [-0.2, -0.15) is 0 Å². The molecule has 0 saturated heterocycles. The number of halogens is 1. The van der Waals surface area contributed by atoms with Crippen molar-refractivity contribution in [3.8, 4) is 5.75 Å². The van der Waals surface area contributed by atoms with Crippen LogP contribution in [-0.4, -0.2) is 29.7 Å². The number of rotatable bonds is 6. The molecule has 1 heterocycles. The molecule has 0 aliphatic carbocycles. The molecule has 0 atom stereocenters. The van der Waals surface area contributed by atoms with E-state index in [4.69, 9.17) is 16.3 Å². The van der Waals surface area contributed by atoms with Crippen molar-refractivity contribution < 1.29 is 4.74 Å². The van der Waals surface area contributed by atoms with Crippen molar-refractivity contribution >= 4 is 28.3 Å². The summed E-state index contributed by atoms with van der Waals surface area (Å²) in [6.45, 7) is 6.29. The normalized spacial score (nSPS) is 10.8. The Morgan fingerprint density at radius 1 is 1.12 bits per heavy atom. The van der Waals surface area contributed by atoms with Crippen LogP contribution in [0.15, 0.2) is 48.8 Å². The third-order valence-electron chi connectivity index (χ3n) is 3.96. The van der Waals surface area contributed by atoms with E-state index in [1.165, 1.54) is 0 Å². The fraction of sp³-hybridized carbons (Fsp3) is 0.263. The van der Waals surface area contributed by atoms with Crippen molar-refractivity contribution in [2.75, 3.05) is 24.6 Å². The lowest BCUT2D eigenvalue weighted by molar-refractivity contribution is 0.322. The largest absolute Gasteiger partial charge is 0.491 e. The molecule has 3 aromatic rings. The number of anilines is 1. The van der Waals surface area contributed by atoms with Gasteiger partial charge in [-0.1, -0.05) is 23.7 Å². The summed E-state index contributed by atoms with van der Waals surface area (Å²) in [5.74, 6) is 1.81. The monoisotopic (exact) mass is 341 g/mol. The molecule has 4 nitrogen and oxygen atoms in total. The number of aromatic nitrogens is 2. The lowest BCUT2D eigenvalue weighted by atomic mass is 10.2. The molecule has 2 aromatic carbocycles. The molecule has 0 unspecified atom stereocenters. The Morgan fingerprint density at radius 3 is 2.75 bits per heavy atom. The summed E-state index contributed by atoms with van der Waals surface area (Å²) >= 11 is 5.98. The van der Waals surface area contributed by atoms with Gasteiger partial charge in [0.2, 0.25) is 0 Å². The fourth-order valence-corrected chi connectivity index (χ4v) is 2.92. The van der Waals surface area contributed by atoms with Gasteiger partial charge in [-0.15, -0.1) is 0 Å². The van der Waals surface area contributed by atoms with Crippen LogP contribution in [-0.2, 0) is 0 Å². The van der Waals surface area contributed by atoms with Crippen LogP contribution in [0.4, 0.5) is 5.82 Å². The maximum absolute atomic E-state index is 5.98. The molecule has 0 saturated carbocycles. The average molecular weight is 342 g/mol. The summed E-state index contributed by atoms with van der Waals surface area (Å²) in [5.41, 5.74) is 1.99. The minimum Gasteiger partial charge on any atom is -0.491 e. The van der Waals surface area contributed by atoms with Gasteiger partial charge in [-0.3, -0.25) is 0 Å². The van der Waals surface area contributed by atoms with E-state index in [-0.39, 0.29) is 0 Å². The van der Waals surface area contributed by atoms with Gasteiger partial charge in [0.15, 0.2) is 0 Å². The topological polar surface area (TPSA) is 38.2 Å². The van der Waals surface area contributed by atoms with Gasteiger partial charge in [0.05, 0.1) is 12.1 Å². The molecule has 1 aromatic heterocycles. The number of aryl methyl sites for hydroxylation is 1. The summed E-state index contributed by atoms with van der Waals surface area (Å²) in [5, 5.41) is 1.78. The second kappa shape index (κ2) is 7.49. The molecular formula is C19H20ClN3O. The molecule has 5 heteroatoms. The minimum absolute atomic E-state index is 0.578. The van der Waals surface area contributed by atoms with E-state index in [1.54, 1.807) is 6.33 Å². The van der Waals surface area contributed by atoms with Crippen LogP contribution in [0.5, 0.6) is 5.75 Å². The molecule has 0 aliphatic heterocycles. The second-order valence-corrected chi connectivity index (χ2v) is 5.99. The SMILES string of the molecule is CCN(CCOc1ccc(Cl)cc1C)c1ncnc2ccccc12. The van der Waals surface area contributed by atoms with Crippen LogP contribution in [0.25, 0.3) is 10.9 Å². The zero-order valence-corrected chi connectivity index (χ0v) is 14.6. The van der Waals surface area contributed by atoms with Gasteiger partial charge >= 0.3 is 0 Å². The highest BCUT2D eigenvalue weighted by atomic mass is 35.5. The number of hydrogen-bond donors (Lipinski definition) is 0. The van der Waals surface area contributed by atoms with Crippen molar-refractivity contribution in [3.63, 3.8) is 0 Å². The molecule has 0 bridgehead atoms. The van der Waals surface area contributed by atoms with E-state index in [1.807, 2.05) is 43.3 Å². The maximum atomic E-state index is 5.98. The summed E-state index contributed by atoms with van der Waals surface area (Å²) < 4.78 is 5.91. The standard InChI is InChI=1S/C19H20ClN3O/c1-3-23(10-11-24-18-9-8-15(20)12-14(18)2)19-16-6-4-5-7-17(16)21-13-22-19/h4-9,12-13H,3,10-11H2,1-2H3. The lowest BCUT2D eigenvalue weighted by Crippen LogP contribution is -2.29. The summed E-state index contributed by atoms with van der Waals surface area (Å²) in [6, 6.07) is 13.7. The van der Waals surface area contributed by atoms with Crippen LogP contribution in [0.3, 0.4) is 0 Å². The van der Waals surface area contributed by atoms with E-state index < -0.39 is 0 Å². The lowest BCUT2D eigenvalue weighted by Gasteiger charge is -2.23. The molecule has 124 valence electrons. The van der Waals surface area contributed by atoms with Crippen molar-refractivity contribution in [1.29, 1.82) is 0 Å². The Hall–Kier alpha value is -2.33. The quantitative estimate of drug-likeness (QED) is 0.661. The van der Waals surface area contributed by atoms with E-state index in [0.717, 1.165) is 46.1 Å². The highest BCUT2D eigenvalue weighted by Gasteiger charge is 2.11. The molecule has 3 rings (SSSR count). The third kappa shape index (κ3) is 3.60. The number of hydrogen-bond acceptors (Lipinski definition) is 4. The Labute approximate surface area is 147 Å². The smallest absolute Gasteiger partial charge is 0.139 e. The first-order valence-electron chi connectivity index (χ1n) is 8.02. The maximum Gasteiger partial charge on any atom is 0.139 e. The number of benzene rings is 2. The molecule has 0 spiro atoms. The van der Waals surface area contributed by atoms with Crippen LogP contribution in [0.1, 0.15) is 12.5 Å². The van der Waals surface area contributed by atoms with E-state index in [0.29, 0.717) is 6.61 Å². The third-order valence-corrected chi connectivity index (χ3v) is 4.19. The highest BCUT2D eigenvalue weighted by molar-refractivity contribution is 6.30. The zero-order chi connectivity index (χ0) is 16.9. The Morgan fingerprint density at radius 2 is 1.96 bits per heavy atom. The highest BCUT2D eigenvalue weighted by Crippen LogP contribution is 2.24. The number of nitrogens with zero attached hydrogens (tertiary/aromatic N) is 3. The Bertz CT molecular complexity index is 832.